The minimum atomic E-state index is 0.441. The number of carbonyl (C=O) groups excluding carboxylic acids is 1. The Morgan fingerprint density at radius 3 is 2.83 bits per heavy atom. The van der Waals surface area contributed by atoms with Gasteiger partial charge in [0.05, 0.1) is 0 Å². The molecule has 0 bridgehead atoms. The Morgan fingerprint density at radius 2 is 2.67 bits per heavy atom. The fourth-order valence-electron chi connectivity index (χ4n) is 0.0958. The molecule has 0 amide bonds. The van der Waals surface area contributed by atoms with Crippen LogP contribution in [0.3, 0.4) is 0 Å². The van der Waals surface area contributed by atoms with Crippen LogP contribution in [0.15, 0.2) is 0 Å². The van der Waals surface area contributed by atoms with E-state index in [0.717, 1.165) is 0 Å². The Hall–Kier alpha value is -0.180. The number of carbonyl (C=O) groups is 1. The highest BCUT2D eigenvalue weighted by atomic mass is 32.2. The van der Waals surface area contributed by atoms with Gasteiger partial charge >= 0.3 is 0 Å². The summed E-state index contributed by atoms with van der Waals surface area (Å²) in [6.07, 6.45) is 1.86. The molecule has 0 aromatic heterocycles. The van der Waals surface area contributed by atoms with Crippen LogP contribution in [0.4, 0.5) is 0 Å². The lowest BCUT2D eigenvalue weighted by atomic mass is 11.5. The molecule has 0 spiro atoms. The van der Waals surface area contributed by atoms with Crippen molar-refractivity contribution in [1.29, 1.82) is 0 Å². The van der Waals surface area contributed by atoms with Gasteiger partial charge in [-0.05, 0) is 6.26 Å². The number of rotatable bonds is 3. The topological polar surface area (TPSA) is 26.3 Å². The fraction of sp³-hybridized carbons (Fsp3) is 0.667. The molecule has 0 saturated heterocycles. The standard InChI is InChI=1S/C3H6O2S/c1-6-3-5-2-4/h2H,3H2,1H3. The predicted molar refractivity (Wildman–Crippen MR) is 25.5 cm³/mol. The molecular weight excluding hydrogens is 100 g/mol. The van der Waals surface area contributed by atoms with Gasteiger partial charge in [0.25, 0.3) is 6.47 Å². The van der Waals surface area contributed by atoms with Crippen LogP contribution in [0.2, 0.25) is 0 Å². The minimum absolute atomic E-state index is 0.441. The molecule has 3 heteroatoms. The van der Waals surface area contributed by atoms with E-state index in [1.54, 1.807) is 0 Å². The summed E-state index contributed by atoms with van der Waals surface area (Å²) < 4.78 is 4.27. The second-order valence-electron chi connectivity index (χ2n) is 0.669. The number of hydrogen-bond acceptors (Lipinski definition) is 3. The molecule has 0 aliphatic heterocycles. The maximum atomic E-state index is 9.33. The van der Waals surface area contributed by atoms with Crippen molar-refractivity contribution in [3.8, 4) is 0 Å². The van der Waals surface area contributed by atoms with E-state index in [0.29, 0.717) is 12.4 Å². The van der Waals surface area contributed by atoms with E-state index in [-0.39, 0.29) is 0 Å². The molecule has 0 aliphatic rings. The summed E-state index contributed by atoms with van der Waals surface area (Å²) in [6.45, 7) is 0.441. The molecule has 0 heterocycles. The quantitative estimate of drug-likeness (QED) is 0.297. The largest absolute Gasteiger partial charge is 0.457 e. The second kappa shape index (κ2) is 4.82. The zero-order valence-electron chi connectivity index (χ0n) is 3.51. The maximum Gasteiger partial charge on any atom is 0.293 e. The van der Waals surface area contributed by atoms with Crippen molar-refractivity contribution >= 4 is 18.2 Å². The zero-order valence-corrected chi connectivity index (χ0v) is 4.33. The molecule has 2 nitrogen and oxygen atoms in total. The maximum absolute atomic E-state index is 9.33. The Bertz CT molecular complexity index is 37.8. The Balaban J connectivity index is 2.49. The van der Waals surface area contributed by atoms with E-state index in [1.165, 1.54) is 11.8 Å². The molecule has 0 aromatic rings. The van der Waals surface area contributed by atoms with Gasteiger partial charge < -0.3 is 4.74 Å². The molecule has 0 saturated carbocycles. The van der Waals surface area contributed by atoms with Crippen molar-refractivity contribution in [2.75, 3.05) is 12.2 Å². The second-order valence-corrected chi connectivity index (χ2v) is 1.48. The van der Waals surface area contributed by atoms with Gasteiger partial charge in [-0.3, -0.25) is 4.79 Å². The van der Waals surface area contributed by atoms with E-state index in [1.807, 2.05) is 6.26 Å². The van der Waals surface area contributed by atoms with Crippen LogP contribution in [0.5, 0.6) is 0 Å². The molecule has 0 unspecified atom stereocenters. The number of thioether (sulfide) groups is 1. The van der Waals surface area contributed by atoms with Crippen LogP contribution in [0.25, 0.3) is 0 Å². The Morgan fingerprint density at radius 1 is 2.00 bits per heavy atom. The Kier molecular flexibility index (Phi) is 4.68. The van der Waals surface area contributed by atoms with Crippen LogP contribution in [-0.2, 0) is 9.53 Å². The van der Waals surface area contributed by atoms with Gasteiger partial charge in [0.1, 0.15) is 5.94 Å². The van der Waals surface area contributed by atoms with E-state index < -0.39 is 0 Å². The minimum Gasteiger partial charge on any atom is -0.457 e. The highest BCUT2D eigenvalue weighted by Gasteiger charge is 1.71. The van der Waals surface area contributed by atoms with Crippen molar-refractivity contribution in [3.05, 3.63) is 0 Å². The van der Waals surface area contributed by atoms with Crippen LogP contribution < -0.4 is 0 Å². The monoisotopic (exact) mass is 106 g/mol. The summed E-state index contributed by atoms with van der Waals surface area (Å²) in [5, 5.41) is 0. The van der Waals surface area contributed by atoms with Gasteiger partial charge in [-0.1, -0.05) is 0 Å². The van der Waals surface area contributed by atoms with E-state index in [2.05, 4.69) is 4.74 Å². The highest BCUT2D eigenvalue weighted by molar-refractivity contribution is 7.98. The van der Waals surface area contributed by atoms with E-state index in [9.17, 15) is 4.79 Å². The van der Waals surface area contributed by atoms with Gasteiger partial charge in [-0.25, -0.2) is 0 Å². The highest BCUT2D eigenvalue weighted by Crippen LogP contribution is 1.87. The van der Waals surface area contributed by atoms with Gasteiger partial charge in [0.15, 0.2) is 0 Å². The summed E-state index contributed by atoms with van der Waals surface area (Å²) in [4.78, 5) is 9.33. The van der Waals surface area contributed by atoms with Crippen LogP contribution in [0, 0.1) is 0 Å². The van der Waals surface area contributed by atoms with Crippen LogP contribution in [0.1, 0.15) is 0 Å². The summed E-state index contributed by atoms with van der Waals surface area (Å²) in [5.74, 6) is 0.462. The fourth-order valence-corrected chi connectivity index (χ4v) is 0.287. The average Bonchev–Trinajstić information content (AvgIpc) is 1.61. The third-order valence-electron chi connectivity index (χ3n) is 0.254. The third kappa shape index (κ3) is 3.82. The average molecular weight is 106 g/mol. The van der Waals surface area contributed by atoms with Gasteiger partial charge in [-0.2, -0.15) is 0 Å². The van der Waals surface area contributed by atoms with Crippen LogP contribution >= 0.6 is 11.8 Å². The first kappa shape index (κ1) is 5.82. The summed E-state index contributed by atoms with van der Waals surface area (Å²) in [7, 11) is 0. The van der Waals surface area contributed by atoms with Gasteiger partial charge in [0, 0.05) is 0 Å². The molecule has 0 fully saturated rings. The van der Waals surface area contributed by atoms with Crippen molar-refractivity contribution in [2.45, 2.75) is 0 Å². The molecular formula is C3H6O2S. The number of hydrogen-bond donors (Lipinski definition) is 0. The van der Waals surface area contributed by atoms with Crippen molar-refractivity contribution in [1.82, 2.24) is 0 Å². The smallest absolute Gasteiger partial charge is 0.293 e. The first-order valence-electron chi connectivity index (χ1n) is 1.46. The van der Waals surface area contributed by atoms with Gasteiger partial charge in [-0.15, -0.1) is 11.8 Å². The SMILES string of the molecule is CSCOC=O. The van der Waals surface area contributed by atoms with Crippen molar-refractivity contribution in [3.63, 3.8) is 0 Å². The molecule has 0 rings (SSSR count). The van der Waals surface area contributed by atoms with Crippen molar-refractivity contribution < 1.29 is 9.53 Å². The van der Waals surface area contributed by atoms with Gasteiger partial charge in [0.2, 0.25) is 0 Å². The van der Waals surface area contributed by atoms with E-state index in [4.69, 9.17) is 0 Å². The summed E-state index contributed by atoms with van der Waals surface area (Å²) in [6, 6.07) is 0. The first-order valence-corrected chi connectivity index (χ1v) is 2.85. The molecule has 0 aromatic carbocycles. The Labute approximate surface area is 40.9 Å². The first-order chi connectivity index (χ1) is 2.91. The lowest BCUT2D eigenvalue weighted by Crippen LogP contribution is -1.81. The normalized spacial score (nSPS) is 7.50. The molecule has 0 radical (unpaired) electrons. The predicted octanol–water partition coefficient (Wildman–Crippen LogP) is 0.480. The zero-order chi connectivity index (χ0) is 4.83. The molecule has 0 N–H and O–H groups in total. The molecule has 0 aliphatic carbocycles. The summed E-state index contributed by atoms with van der Waals surface area (Å²) in [5.41, 5.74) is 0. The van der Waals surface area contributed by atoms with Crippen LogP contribution in [-0.4, -0.2) is 18.7 Å². The lowest BCUT2D eigenvalue weighted by molar-refractivity contribution is -0.126. The third-order valence-corrected chi connectivity index (χ3v) is 0.626. The summed E-state index contributed by atoms with van der Waals surface area (Å²) >= 11 is 1.47. The van der Waals surface area contributed by atoms with Crippen molar-refractivity contribution in [2.24, 2.45) is 0 Å². The molecule has 6 heavy (non-hydrogen) atoms. The van der Waals surface area contributed by atoms with E-state index >= 15 is 0 Å². The molecule has 0 atom stereocenters. The lowest BCUT2D eigenvalue weighted by Gasteiger charge is -1.86. The molecule has 36 valence electrons. The number of ether oxygens (including phenoxy) is 1.